The molecule has 18 heavy (non-hydrogen) atoms. The zero-order chi connectivity index (χ0) is 12.8. The van der Waals surface area contributed by atoms with E-state index in [4.69, 9.17) is 10.5 Å². The number of nitrogen functional groups attached to an aromatic ring is 1. The third-order valence-corrected chi connectivity index (χ3v) is 2.68. The summed E-state index contributed by atoms with van der Waals surface area (Å²) in [5, 5.41) is 3.34. The van der Waals surface area contributed by atoms with Crippen LogP contribution in [-0.2, 0) is 6.54 Å². The standard InChI is InChI=1S/C15H18N2O/c1-2-18-14-8-5-7-13(10-14)17-11-12-6-3-4-9-15(12)16/h3-10,17H,2,11,16H2,1H3. The molecule has 0 atom stereocenters. The molecule has 0 bridgehead atoms. The lowest BCUT2D eigenvalue weighted by molar-refractivity contribution is 0.340. The van der Waals surface area contributed by atoms with Gasteiger partial charge in [-0.25, -0.2) is 0 Å². The SMILES string of the molecule is CCOc1cccc(NCc2ccccc2N)c1. The Morgan fingerprint density at radius 2 is 1.94 bits per heavy atom. The molecule has 0 radical (unpaired) electrons. The predicted octanol–water partition coefficient (Wildman–Crippen LogP) is 3.28. The second kappa shape index (κ2) is 5.96. The molecule has 0 aromatic heterocycles. The molecule has 0 spiro atoms. The highest BCUT2D eigenvalue weighted by Gasteiger charge is 1.99. The number of nitrogens with one attached hydrogen (secondary N) is 1. The molecule has 3 N–H and O–H groups in total. The van der Waals surface area contributed by atoms with Gasteiger partial charge in [0.1, 0.15) is 5.75 Å². The summed E-state index contributed by atoms with van der Waals surface area (Å²) in [6.07, 6.45) is 0. The fraction of sp³-hybridized carbons (Fsp3) is 0.200. The van der Waals surface area contributed by atoms with Gasteiger partial charge in [0.15, 0.2) is 0 Å². The van der Waals surface area contributed by atoms with E-state index in [1.54, 1.807) is 0 Å². The van der Waals surface area contributed by atoms with Gasteiger partial charge in [0.25, 0.3) is 0 Å². The number of rotatable bonds is 5. The molecule has 0 aliphatic rings. The maximum atomic E-state index is 5.90. The van der Waals surface area contributed by atoms with Crippen LogP contribution in [0.15, 0.2) is 48.5 Å². The zero-order valence-corrected chi connectivity index (χ0v) is 10.5. The molecular formula is C15H18N2O. The van der Waals surface area contributed by atoms with Crippen LogP contribution in [0.3, 0.4) is 0 Å². The summed E-state index contributed by atoms with van der Waals surface area (Å²) < 4.78 is 5.46. The summed E-state index contributed by atoms with van der Waals surface area (Å²) >= 11 is 0. The predicted molar refractivity (Wildman–Crippen MR) is 75.8 cm³/mol. The first-order valence-corrected chi connectivity index (χ1v) is 6.09. The number of nitrogens with two attached hydrogens (primary N) is 1. The largest absolute Gasteiger partial charge is 0.494 e. The van der Waals surface area contributed by atoms with Gasteiger partial charge in [0.2, 0.25) is 0 Å². The summed E-state index contributed by atoms with van der Waals surface area (Å²) in [5.74, 6) is 0.878. The lowest BCUT2D eigenvalue weighted by atomic mass is 10.2. The van der Waals surface area contributed by atoms with Crippen LogP contribution < -0.4 is 15.8 Å². The highest BCUT2D eigenvalue weighted by atomic mass is 16.5. The van der Waals surface area contributed by atoms with E-state index in [9.17, 15) is 0 Å². The van der Waals surface area contributed by atoms with Crippen molar-refractivity contribution in [1.82, 2.24) is 0 Å². The molecular weight excluding hydrogens is 224 g/mol. The Morgan fingerprint density at radius 3 is 2.72 bits per heavy atom. The van der Waals surface area contributed by atoms with Gasteiger partial charge in [-0.1, -0.05) is 24.3 Å². The van der Waals surface area contributed by atoms with Gasteiger partial charge in [0, 0.05) is 24.0 Å². The molecule has 0 amide bonds. The molecule has 0 heterocycles. The van der Waals surface area contributed by atoms with Crippen molar-refractivity contribution < 1.29 is 4.74 Å². The van der Waals surface area contributed by atoms with E-state index in [2.05, 4.69) is 5.32 Å². The molecule has 0 saturated carbocycles. The van der Waals surface area contributed by atoms with Gasteiger partial charge >= 0.3 is 0 Å². The van der Waals surface area contributed by atoms with Crippen LogP contribution in [0.5, 0.6) is 5.75 Å². The first-order chi connectivity index (χ1) is 8.79. The van der Waals surface area contributed by atoms with Crippen LogP contribution in [0.2, 0.25) is 0 Å². The van der Waals surface area contributed by atoms with E-state index in [1.165, 1.54) is 0 Å². The lowest BCUT2D eigenvalue weighted by Crippen LogP contribution is -2.02. The van der Waals surface area contributed by atoms with Crippen LogP contribution >= 0.6 is 0 Å². The number of hydrogen-bond acceptors (Lipinski definition) is 3. The third kappa shape index (κ3) is 3.17. The molecule has 0 aliphatic carbocycles. The van der Waals surface area contributed by atoms with Crippen molar-refractivity contribution in [2.45, 2.75) is 13.5 Å². The van der Waals surface area contributed by atoms with Crippen molar-refractivity contribution >= 4 is 11.4 Å². The maximum absolute atomic E-state index is 5.90. The topological polar surface area (TPSA) is 47.3 Å². The Kier molecular flexibility index (Phi) is 4.07. The van der Waals surface area contributed by atoms with Crippen LogP contribution in [0.4, 0.5) is 11.4 Å². The van der Waals surface area contributed by atoms with Crippen LogP contribution in [0.25, 0.3) is 0 Å². The van der Waals surface area contributed by atoms with Crippen LogP contribution in [0, 0.1) is 0 Å². The maximum Gasteiger partial charge on any atom is 0.121 e. The minimum Gasteiger partial charge on any atom is -0.494 e. The van der Waals surface area contributed by atoms with E-state index in [0.717, 1.165) is 22.7 Å². The molecule has 0 saturated heterocycles. The highest BCUT2D eigenvalue weighted by molar-refractivity contribution is 5.52. The Morgan fingerprint density at radius 1 is 1.11 bits per heavy atom. The second-order valence-electron chi connectivity index (χ2n) is 4.01. The average molecular weight is 242 g/mol. The Bertz CT molecular complexity index is 511. The number of para-hydroxylation sites is 1. The number of benzene rings is 2. The summed E-state index contributed by atoms with van der Waals surface area (Å²) in [4.78, 5) is 0. The first kappa shape index (κ1) is 12.3. The summed E-state index contributed by atoms with van der Waals surface area (Å²) in [6, 6.07) is 15.8. The van der Waals surface area contributed by atoms with E-state index in [-0.39, 0.29) is 0 Å². The molecule has 2 rings (SSSR count). The molecule has 94 valence electrons. The lowest BCUT2D eigenvalue weighted by Gasteiger charge is -2.10. The minimum atomic E-state index is 0.676. The molecule has 2 aromatic carbocycles. The Labute approximate surface area is 108 Å². The summed E-state index contributed by atoms with van der Waals surface area (Å²) in [6.45, 7) is 3.36. The van der Waals surface area contributed by atoms with Crippen molar-refractivity contribution in [3.8, 4) is 5.75 Å². The average Bonchev–Trinajstić information content (AvgIpc) is 2.39. The Balaban J connectivity index is 2.02. The van der Waals surface area contributed by atoms with Gasteiger partial charge in [-0.2, -0.15) is 0 Å². The van der Waals surface area contributed by atoms with Gasteiger partial charge in [-0.05, 0) is 30.7 Å². The smallest absolute Gasteiger partial charge is 0.121 e. The van der Waals surface area contributed by atoms with Crippen molar-refractivity contribution in [3.05, 3.63) is 54.1 Å². The Hall–Kier alpha value is -2.16. The first-order valence-electron chi connectivity index (χ1n) is 6.09. The number of anilines is 2. The molecule has 3 heteroatoms. The van der Waals surface area contributed by atoms with E-state index in [0.29, 0.717) is 13.2 Å². The van der Waals surface area contributed by atoms with Crippen molar-refractivity contribution in [3.63, 3.8) is 0 Å². The normalized spacial score (nSPS) is 10.1. The fourth-order valence-corrected chi connectivity index (χ4v) is 1.75. The monoisotopic (exact) mass is 242 g/mol. The van der Waals surface area contributed by atoms with Gasteiger partial charge in [-0.15, -0.1) is 0 Å². The minimum absolute atomic E-state index is 0.676. The van der Waals surface area contributed by atoms with E-state index in [1.807, 2.05) is 55.5 Å². The quantitative estimate of drug-likeness (QED) is 0.791. The van der Waals surface area contributed by atoms with Crippen molar-refractivity contribution in [2.75, 3.05) is 17.7 Å². The number of hydrogen-bond donors (Lipinski definition) is 2. The van der Waals surface area contributed by atoms with E-state index >= 15 is 0 Å². The molecule has 0 unspecified atom stereocenters. The molecule has 0 aliphatic heterocycles. The van der Waals surface area contributed by atoms with Gasteiger partial charge in [0.05, 0.1) is 6.61 Å². The molecule has 2 aromatic rings. The summed E-state index contributed by atoms with van der Waals surface area (Å²) in [7, 11) is 0. The molecule has 3 nitrogen and oxygen atoms in total. The second-order valence-corrected chi connectivity index (χ2v) is 4.01. The fourth-order valence-electron chi connectivity index (χ4n) is 1.75. The van der Waals surface area contributed by atoms with Gasteiger partial charge in [-0.3, -0.25) is 0 Å². The zero-order valence-electron chi connectivity index (χ0n) is 10.5. The van der Waals surface area contributed by atoms with Crippen molar-refractivity contribution in [1.29, 1.82) is 0 Å². The van der Waals surface area contributed by atoms with E-state index < -0.39 is 0 Å². The summed E-state index contributed by atoms with van der Waals surface area (Å²) in [5.41, 5.74) is 8.84. The van der Waals surface area contributed by atoms with Gasteiger partial charge < -0.3 is 15.8 Å². The van der Waals surface area contributed by atoms with Crippen LogP contribution in [-0.4, -0.2) is 6.61 Å². The third-order valence-electron chi connectivity index (χ3n) is 2.68. The highest BCUT2D eigenvalue weighted by Crippen LogP contribution is 2.19. The van der Waals surface area contributed by atoms with Crippen molar-refractivity contribution in [2.24, 2.45) is 0 Å². The molecule has 0 fully saturated rings. The van der Waals surface area contributed by atoms with Crippen LogP contribution in [0.1, 0.15) is 12.5 Å². The number of ether oxygens (including phenoxy) is 1.